The number of non-ortho nitro benzene ring substituents is 1. The molecule has 2 aromatic carbocycles. The number of benzene rings is 2. The Bertz CT molecular complexity index is 1470. The second-order valence-corrected chi connectivity index (χ2v) is 8.54. The van der Waals surface area contributed by atoms with Gasteiger partial charge in [0.2, 0.25) is 0 Å². The Morgan fingerprint density at radius 1 is 0.947 bits per heavy atom. The lowest BCUT2D eigenvalue weighted by atomic mass is 10.2. The Hall–Kier alpha value is -4.49. The van der Waals surface area contributed by atoms with Gasteiger partial charge in [-0.2, -0.15) is 0 Å². The number of hydrogen-bond acceptors (Lipinski definition) is 9. The fourth-order valence-corrected chi connectivity index (χ4v) is 3.72. The van der Waals surface area contributed by atoms with E-state index in [1.807, 2.05) is 34.9 Å². The van der Waals surface area contributed by atoms with E-state index in [0.717, 1.165) is 36.5 Å². The van der Waals surface area contributed by atoms with Crippen LogP contribution >= 0.6 is 23.2 Å². The zero-order chi connectivity index (χ0) is 28.0. The average Bonchev–Trinajstić information content (AvgIpc) is 3.29. The minimum absolute atomic E-state index is 0.447. The van der Waals surface area contributed by atoms with Gasteiger partial charge in [-0.15, -0.1) is 0 Å². The predicted molar refractivity (Wildman–Crippen MR) is 139 cm³/mol. The molecule has 0 saturated carbocycles. The maximum Gasteiger partial charge on any atom is 0.324 e. The minimum atomic E-state index is -1.21. The maximum absolute atomic E-state index is 10.4. The monoisotopic (exact) mass is 563 g/mol. The summed E-state index contributed by atoms with van der Waals surface area (Å²) in [6, 6.07) is 10.5. The maximum atomic E-state index is 10.4. The summed E-state index contributed by atoms with van der Waals surface area (Å²) in [5.41, 5.74) is -0.439. The summed E-state index contributed by atoms with van der Waals surface area (Å²) in [5.74, 6) is -0.331. The Morgan fingerprint density at radius 3 is 2.08 bits per heavy atom. The highest BCUT2D eigenvalue weighted by Crippen LogP contribution is 2.39. The minimum Gasteiger partial charge on any atom is -0.497 e. The largest absolute Gasteiger partial charge is 0.497 e. The van der Waals surface area contributed by atoms with E-state index in [1.165, 1.54) is 0 Å². The number of nitrogens with zero attached hydrogens (tertiary/aromatic N) is 5. The number of nitro benzene ring substituents is 3. The Balaban J connectivity index is 0.000000223. The van der Waals surface area contributed by atoms with Gasteiger partial charge in [0, 0.05) is 18.0 Å². The van der Waals surface area contributed by atoms with Gasteiger partial charge in [0.1, 0.15) is 5.75 Å². The predicted octanol–water partition coefficient (Wildman–Crippen LogP) is 6.60. The topological polar surface area (TPSA) is 176 Å². The third kappa shape index (κ3) is 6.63. The van der Waals surface area contributed by atoms with Crippen LogP contribution in [0, 0.1) is 30.3 Å². The molecule has 0 atom stereocenters. The molecule has 198 valence electrons. The van der Waals surface area contributed by atoms with E-state index in [0.29, 0.717) is 27.8 Å². The molecule has 0 aliphatic rings. The molecule has 0 bridgehead atoms. The summed E-state index contributed by atoms with van der Waals surface area (Å²) in [4.78, 5) is 32.3. The van der Waals surface area contributed by atoms with Gasteiger partial charge in [-0.1, -0.05) is 36.5 Å². The molecule has 4 rings (SSSR count). The highest BCUT2D eigenvalue weighted by molar-refractivity contribution is 6.36. The van der Waals surface area contributed by atoms with Gasteiger partial charge >= 0.3 is 11.4 Å². The molecular weight excluding hydrogens is 545 g/mol. The van der Waals surface area contributed by atoms with E-state index in [9.17, 15) is 30.3 Å². The van der Waals surface area contributed by atoms with Crippen LogP contribution in [0.15, 0.2) is 54.9 Å². The normalized spacial score (nSPS) is 10.5. The summed E-state index contributed by atoms with van der Waals surface area (Å²) < 4.78 is 7.51. The fraction of sp³-hybridized carbons (Fsp3) is 0.174. The van der Waals surface area contributed by atoms with Gasteiger partial charge in [0.05, 0.1) is 49.2 Å². The van der Waals surface area contributed by atoms with Gasteiger partial charge < -0.3 is 14.2 Å². The first kappa shape index (κ1) is 28.1. The van der Waals surface area contributed by atoms with Crippen molar-refractivity contribution in [3.63, 3.8) is 0 Å². The molecule has 13 nitrogen and oxygen atoms in total. The van der Waals surface area contributed by atoms with Crippen molar-refractivity contribution in [2.24, 2.45) is 0 Å². The van der Waals surface area contributed by atoms with Gasteiger partial charge in [-0.05, 0) is 36.8 Å². The molecule has 0 fully saturated rings. The quantitative estimate of drug-likeness (QED) is 0.140. The molecule has 0 aliphatic heterocycles. The number of aromatic nitrogens is 2. The van der Waals surface area contributed by atoms with Crippen LogP contribution in [0.3, 0.4) is 0 Å². The molecular formula is C23H19Cl2N5O8. The molecule has 0 saturated heterocycles. The van der Waals surface area contributed by atoms with Crippen LogP contribution in [-0.4, -0.2) is 35.9 Å². The number of aromatic hydroxyl groups is 1. The van der Waals surface area contributed by atoms with Crippen LogP contribution in [0.1, 0.15) is 19.8 Å². The lowest BCUT2D eigenvalue weighted by molar-refractivity contribution is -0.404. The first-order valence-electron chi connectivity index (χ1n) is 10.9. The van der Waals surface area contributed by atoms with Crippen LogP contribution in [0.4, 0.5) is 17.1 Å². The summed E-state index contributed by atoms with van der Waals surface area (Å²) in [5, 5.41) is 41.3. The number of ether oxygens (including phenoxy) is 1. The van der Waals surface area contributed by atoms with E-state index in [1.54, 1.807) is 12.3 Å². The van der Waals surface area contributed by atoms with Crippen molar-refractivity contribution in [1.29, 1.82) is 0 Å². The summed E-state index contributed by atoms with van der Waals surface area (Å²) in [6.07, 6.45) is 5.90. The van der Waals surface area contributed by atoms with Crippen molar-refractivity contribution >= 4 is 45.9 Å². The van der Waals surface area contributed by atoms with E-state index >= 15 is 0 Å². The van der Waals surface area contributed by atoms with Crippen LogP contribution in [0.2, 0.25) is 10.0 Å². The number of pyridine rings is 1. The Kier molecular flexibility index (Phi) is 8.99. The average molecular weight is 564 g/mol. The number of hydrogen-bond donors (Lipinski definition) is 1. The van der Waals surface area contributed by atoms with E-state index in [4.69, 9.17) is 33.0 Å². The van der Waals surface area contributed by atoms with E-state index in [-0.39, 0.29) is 0 Å². The summed E-state index contributed by atoms with van der Waals surface area (Å²) in [6.45, 7) is 2.89. The molecule has 15 heteroatoms. The molecule has 0 unspecified atom stereocenters. The lowest BCUT2D eigenvalue weighted by Crippen LogP contribution is -1.97. The van der Waals surface area contributed by atoms with Crippen molar-refractivity contribution in [3.8, 4) is 22.8 Å². The lowest BCUT2D eigenvalue weighted by Gasteiger charge is -2.05. The standard InChI is InChI=1S/C17H16Cl2N2O.C6H3N3O7/c1-2-3-8-22-14-6-4-12(5-7-14)16-11-21-10-13(18)9-15(19)17(21)20-16;10-6-4(8(13)14)1-3(7(11)12)2-5(6)9(15)16/h4-7,9-11H,2-3,8H2,1H3;1-2,10H. The number of nitro groups is 3. The van der Waals surface area contributed by atoms with Gasteiger partial charge in [0.25, 0.3) is 11.4 Å². The van der Waals surface area contributed by atoms with Crippen LogP contribution in [-0.2, 0) is 0 Å². The van der Waals surface area contributed by atoms with Crippen molar-refractivity contribution in [3.05, 3.63) is 95.2 Å². The number of phenols is 1. The van der Waals surface area contributed by atoms with E-state index in [2.05, 4.69) is 11.9 Å². The number of unbranched alkanes of at least 4 members (excludes halogenated alkanes) is 1. The van der Waals surface area contributed by atoms with Gasteiger partial charge in [-0.3, -0.25) is 30.3 Å². The highest BCUT2D eigenvalue weighted by Gasteiger charge is 2.30. The molecule has 0 amide bonds. The zero-order valence-electron chi connectivity index (χ0n) is 19.6. The molecule has 0 spiro atoms. The van der Waals surface area contributed by atoms with E-state index < -0.39 is 37.6 Å². The van der Waals surface area contributed by atoms with Crippen LogP contribution in [0.25, 0.3) is 16.9 Å². The zero-order valence-corrected chi connectivity index (χ0v) is 21.1. The summed E-state index contributed by atoms with van der Waals surface area (Å²) in [7, 11) is 0. The molecule has 0 aliphatic carbocycles. The van der Waals surface area contributed by atoms with Gasteiger partial charge in [-0.25, -0.2) is 4.98 Å². The molecule has 1 N–H and O–H groups in total. The van der Waals surface area contributed by atoms with Crippen LogP contribution in [0.5, 0.6) is 11.5 Å². The third-order valence-electron chi connectivity index (χ3n) is 5.05. The first-order valence-corrected chi connectivity index (χ1v) is 11.6. The Morgan fingerprint density at radius 2 is 1.55 bits per heavy atom. The smallest absolute Gasteiger partial charge is 0.324 e. The van der Waals surface area contributed by atoms with Crippen molar-refractivity contribution < 1.29 is 24.6 Å². The molecule has 2 aromatic heterocycles. The van der Waals surface area contributed by atoms with Crippen molar-refractivity contribution in [1.82, 2.24) is 9.38 Å². The summed E-state index contributed by atoms with van der Waals surface area (Å²) >= 11 is 12.2. The molecule has 38 heavy (non-hydrogen) atoms. The van der Waals surface area contributed by atoms with Gasteiger partial charge in [0.15, 0.2) is 5.65 Å². The third-order valence-corrected chi connectivity index (χ3v) is 5.53. The molecule has 0 radical (unpaired) electrons. The van der Waals surface area contributed by atoms with Crippen molar-refractivity contribution in [2.75, 3.05) is 6.61 Å². The number of halogens is 2. The second-order valence-electron chi connectivity index (χ2n) is 7.69. The number of rotatable bonds is 8. The Labute approximate surface area is 224 Å². The highest BCUT2D eigenvalue weighted by atomic mass is 35.5. The number of phenolic OH excluding ortho intramolecular Hbond substituents is 1. The fourth-order valence-electron chi connectivity index (χ4n) is 3.19. The first-order chi connectivity index (χ1) is 18.0. The van der Waals surface area contributed by atoms with Crippen LogP contribution < -0.4 is 4.74 Å². The SMILES string of the molecule is CCCCOc1ccc(-c2cn3cc(Cl)cc(Cl)c3n2)cc1.O=[N+]([O-])c1cc([N+](=O)[O-])c(O)c([N+](=O)[O-])c1. The second kappa shape index (κ2) is 12.2. The molecule has 2 heterocycles. The number of fused-ring (bicyclic) bond motifs is 1. The molecule has 4 aromatic rings. The van der Waals surface area contributed by atoms with Crippen molar-refractivity contribution in [2.45, 2.75) is 19.8 Å². The number of imidazole rings is 1.